The van der Waals surface area contributed by atoms with Crippen LogP contribution in [0.4, 0.5) is 22.0 Å². The zero-order valence-electron chi connectivity index (χ0n) is 10.9. The molecule has 1 saturated carbocycles. The smallest absolute Gasteiger partial charge is 0.400 e. The molecule has 1 fully saturated rings. The van der Waals surface area contributed by atoms with E-state index in [1.54, 1.807) is 0 Å². The van der Waals surface area contributed by atoms with Gasteiger partial charge in [-0.25, -0.2) is 13.2 Å². The van der Waals surface area contributed by atoms with Gasteiger partial charge in [0.25, 0.3) is 0 Å². The Morgan fingerprint density at radius 1 is 1.00 bits per heavy atom. The Morgan fingerprint density at radius 2 is 1.50 bits per heavy atom. The second-order valence-corrected chi connectivity index (χ2v) is 5.32. The molecule has 1 aromatic carbocycles. The topological polar surface area (TPSA) is 9.23 Å². The summed E-state index contributed by atoms with van der Waals surface area (Å²) in [5, 5.41) is 0. The molecule has 0 heterocycles. The molecule has 0 bridgehead atoms. The minimum atomic E-state index is -3.52. The van der Waals surface area contributed by atoms with Gasteiger partial charge in [0, 0.05) is 12.1 Å². The highest BCUT2D eigenvalue weighted by atomic mass is 19.3. The summed E-state index contributed by atoms with van der Waals surface area (Å²) in [6.07, 6.45) is -1.61. The average Bonchev–Trinajstić information content (AvgIpc) is 2.36. The molecule has 1 nitrogen and oxygen atoms in total. The van der Waals surface area contributed by atoms with Crippen molar-refractivity contribution in [2.45, 2.75) is 38.7 Å². The van der Waals surface area contributed by atoms with E-state index >= 15 is 0 Å². The fourth-order valence-corrected chi connectivity index (χ4v) is 2.43. The molecule has 0 N–H and O–H groups in total. The number of ether oxygens (including phenoxy) is 1. The van der Waals surface area contributed by atoms with Crippen molar-refractivity contribution in [2.24, 2.45) is 11.8 Å². The van der Waals surface area contributed by atoms with Crippen molar-refractivity contribution in [1.29, 1.82) is 0 Å². The lowest BCUT2D eigenvalue weighted by molar-refractivity contribution is -0.223. The first-order valence-electron chi connectivity index (χ1n) is 6.51. The summed E-state index contributed by atoms with van der Waals surface area (Å²) in [4.78, 5) is 0. The lowest BCUT2D eigenvalue weighted by Gasteiger charge is -2.32. The highest BCUT2D eigenvalue weighted by Crippen LogP contribution is 2.40. The molecule has 0 radical (unpaired) electrons. The highest BCUT2D eigenvalue weighted by Gasteiger charge is 2.43. The highest BCUT2D eigenvalue weighted by molar-refractivity contribution is 5.25. The Bertz CT molecular complexity index is 457. The normalized spacial score (nSPS) is 23.7. The van der Waals surface area contributed by atoms with Crippen LogP contribution in [0.1, 0.15) is 32.6 Å². The van der Waals surface area contributed by atoms with Crippen LogP contribution in [0.25, 0.3) is 0 Å². The van der Waals surface area contributed by atoms with Crippen LogP contribution in [0.5, 0.6) is 5.75 Å². The number of alkyl halides is 2. The quantitative estimate of drug-likeness (QED) is 0.569. The summed E-state index contributed by atoms with van der Waals surface area (Å²) in [6.45, 7) is 1.99. The molecule has 0 spiro atoms. The standard InChI is InChI=1S/C14H15F5O/c1-8-2-4-9(5-3-8)14(18,19)20-10-6-11(15)13(17)12(16)7-10/h6-9H,2-5H2,1H3. The zero-order chi connectivity index (χ0) is 14.9. The number of benzene rings is 1. The molecule has 6 heteroatoms. The first-order valence-corrected chi connectivity index (χ1v) is 6.51. The van der Waals surface area contributed by atoms with Crippen LogP contribution in [0.15, 0.2) is 12.1 Å². The van der Waals surface area contributed by atoms with E-state index in [4.69, 9.17) is 0 Å². The fraction of sp³-hybridized carbons (Fsp3) is 0.571. The largest absolute Gasteiger partial charge is 0.432 e. The van der Waals surface area contributed by atoms with Crippen LogP contribution in [0, 0.1) is 29.3 Å². The molecule has 0 aromatic heterocycles. The number of hydrogen-bond acceptors (Lipinski definition) is 1. The van der Waals surface area contributed by atoms with Crippen molar-refractivity contribution in [3.63, 3.8) is 0 Å². The predicted molar refractivity (Wildman–Crippen MR) is 63.0 cm³/mol. The molecule has 2 rings (SSSR count). The molecule has 1 aliphatic rings. The lowest BCUT2D eigenvalue weighted by Crippen LogP contribution is -2.37. The molecule has 0 saturated heterocycles. The van der Waals surface area contributed by atoms with Gasteiger partial charge < -0.3 is 4.74 Å². The van der Waals surface area contributed by atoms with Crippen LogP contribution in [0.3, 0.4) is 0 Å². The van der Waals surface area contributed by atoms with Gasteiger partial charge in [-0.05, 0) is 18.8 Å². The molecular weight excluding hydrogens is 279 g/mol. The summed E-state index contributed by atoms with van der Waals surface area (Å²) < 4.78 is 70.9. The van der Waals surface area contributed by atoms with Gasteiger partial charge in [0.15, 0.2) is 17.5 Å². The SMILES string of the molecule is CC1CCC(C(F)(F)Oc2cc(F)c(F)c(F)c2)CC1. The Labute approximate surface area is 113 Å². The Hall–Kier alpha value is -1.33. The van der Waals surface area contributed by atoms with Gasteiger partial charge in [0.05, 0.1) is 5.92 Å². The average molecular weight is 294 g/mol. The Balaban J connectivity index is 2.11. The van der Waals surface area contributed by atoms with Crippen LogP contribution in [0.2, 0.25) is 0 Å². The second kappa shape index (κ2) is 5.58. The first kappa shape index (κ1) is 15.1. The fourth-order valence-electron chi connectivity index (χ4n) is 2.43. The molecular formula is C14H15F5O. The molecule has 112 valence electrons. The van der Waals surface area contributed by atoms with E-state index in [1.165, 1.54) is 0 Å². The van der Waals surface area contributed by atoms with Crippen molar-refractivity contribution in [2.75, 3.05) is 0 Å². The molecule has 1 aromatic rings. The van der Waals surface area contributed by atoms with Crippen molar-refractivity contribution in [1.82, 2.24) is 0 Å². The third-order valence-corrected chi connectivity index (χ3v) is 3.70. The summed E-state index contributed by atoms with van der Waals surface area (Å²) >= 11 is 0. The number of rotatable bonds is 3. The van der Waals surface area contributed by atoms with Gasteiger partial charge in [-0.3, -0.25) is 0 Å². The van der Waals surface area contributed by atoms with Crippen molar-refractivity contribution >= 4 is 0 Å². The monoisotopic (exact) mass is 294 g/mol. The van der Waals surface area contributed by atoms with E-state index < -0.39 is 35.2 Å². The van der Waals surface area contributed by atoms with Gasteiger partial charge in [0.2, 0.25) is 0 Å². The Morgan fingerprint density at radius 3 is 2.00 bits per heavy atom. The number of halogens is 5. The van der Waals surface area contributed by atoms with E-state index in [0.29, 0.717) is 43.7 Å². The maximum atomic E-state index is 13.9. The van der Waals surface area contributed by atoms with Crippen molar-refractivity contribution in [3.05, 3.63) is 29.6 Å². The van der Waals surface area contributed by atoms with E-state index in [1.807, 2.05) is 6.92 Å². The van der Waals surface area contributed by atoms with Crippen LogP contribution >= 0.6 is 0 Å². The van der Waals surface area contributed by atoms with E-state index in [-0.39, 0.29) is 0 Å². The number of hydrogen-bond donors (Lipinski definition) is 0. The van der Waals surface area contributed by atoms with Crippen molar-refractivity contribution < 1.29 is 26.7 Å². The van der Waals surface area contributed by atoms with Gasteiger partial charge in [-0.1, -0.05) is 19.8 Å². The molecule has 0 aliphatic heterocycles. The molecule has 0 unspecified atom stereocenters. The van der Waals surface area contributed by atoms with Gasteiger partial charge >= 0.3 is 6.11 Å². The van der Waals surface area contributed by atoms with Gasteiger partial charge in [0.1, 0.15) is 5.75 Å². The van der Waals surface area contributed by atoms with Gasteiger partial charge in [-0.15, -0.1) is 0 Å². The molecule has 20 heavy (non-hydrogen) atoms. The summed E-state index contributed by atoms with van der Waals surface area (Å²) in [5.74, 6) is -6.10. The minimum Gasteiger partial charge on any atom is -0.432 e. The minimum absolute atomic E-state index is 0.292. The summed E-state index contributed by atoms with van der Waals surface area (Å²) in [6, 6.07) is 0.857. The molecule has 0 atom stereocenters. The third kappa shape index (κ3) is 3.22. The van der Waals surface area contributed by atoms with E-state index in [0.717, 1.165) is 0 Å². The van der Waals surface area contributed by atoms with Crippen LogP contribution in [-0.2, 0) is 0 Å². The lowest BCUT2D eigenvalue weighted by atomic mass is 9.82. The molecule has 0 amide bonds. The third-order valence-electron chi connectivity index (χ3n) is 3.70. The van der Waals surface area contributed by atoms with Crippen molar-refractivity contribution in [3.8, 4) is 5.75 Å². The summed E-state index contributed by atoms with van der Waals surface area (Å²) in [5.41, 5.74) is 0. The maximum absolute atomic E-state index is 13.9. The predicted octanol–water partition coefficient (Wildman–Crippen LogP) is 4.90. The van der Waals surface area contributed by atoms with Gasteiger partial charge in [-0.2, -0.15) is 8.78 Å². The summed E-state index contributed by atoms with van der Waals surface area (Å²) in [7, 11) is 0. The Kier molecular flexibility index (Phi) is 4.20. The molecule has 1 aliphatic carbocycles. The zero-order valence-corrected chi connectivity index (χ0v) is 10.9. The van der Waals surface area contributed by atoms with E-state index in [9.17, 15) is 22.0 Å². The maximum Gasteiger partial charge on any atom is 0.400 e. The van der Waals surface area contributed by atoms with Crippen LogP contribution in [-0.4, -0.2) is 6.11 Å². The second-order valence-electron chi connectivity index (χ2n) is 5.32. The van der Waals surface area contributed by atoms with E-state index in [2.05, 4.69) is 4.74 Å². The van der Waals surface area contributed by atoms with Crippen LogP contribution < -0.4 is 4.74 Å². The first-order chi connectivity index (χ1) is 9.29.